The first-order valence-electron chi connectivity index (χ1n) is 4.35. The Labute approximate surface area is 88.9 Å². The van der Waals surface area contributed by atoms with Crippen molar-refractivity contribution in [3.05, 3.63) is 17.3 Å². The number of hydrogen-bond acceptors (Lipinski definition) is 3. The maximum absolute atomic E-state index is 5.61. The Hall–Kier alpha value is -1.27. The van der Waals surface area contributed by atoms with Gasteiger partial charge in [-0.15, -0.1) is 16.6 Å². The fraction of sp³-hybridized carbons (Fsp3) is 0.400. The summed E-state index contributed by atoms with van der Waals surface area (Å²) in [7, 11) is 0. The fourth-order valence-corrected chi connectivity index (χ4v) is 0.993. The van der Waals surface area contributed by atoms with Crippen LogP contribution in [0.1, 0.15) is 20.3 Å². The Balaban J connectivity index is 2.79. The van der Waals surface area contributed by atoms with E-state index in [0.717, 1.165) is 6.42 Å². The van der Waals surface area contributed by atoms with Crippen molar-refractivity contribution in [3.63, 3.8) is 0 Å². The van der Waals surface area contributed by atoms with E-state index in [2.05, 4.69) is 21.4 Å². The van der Waals surface area contributed by atoms with Gasteiger partial charge in [0.15, 0.2) is 5.15 Å². The van der Waals surface area contributed by atoms with Crippen molar-refractivity contribution in [2.24, 2.45) is 0 Å². The zero-order chi connectivity index (χ0) is 10.6. The third-order valence-electron chi connectivity index (χ3n) is 2.06. The third-order valence-corrected chi connectivity index (χ3v) is 2.26. The largest absolute Gasteiger partial charge is 0.353 e. The molecule has 1 rings (SSSR count). The van der Waals surface area contributed by atoms with E-state index in [0.29, 0.717) is 11.0 Å². The van der Waals surface area contributed by atoms with Gasteiger partial charge in [-0.3, -0.25) is 0 Å². The molecule has 4 heteroatoms. The molecule has 0 aromatic carbocycles. The van der Waals surface area contributed by atoms with E-state index in [1.807, 2.05) is 13.8 Å². The second-order valence-electron chi connectivity index (χ2n) is 3.20. The average Bonchev–Trinajstić information content (AvgIpc) is 2.21. The van der Waals surface area contributed by atoms with Crippen LogP contribution in [0, 0.1) is 12.3 Å². The number of aromatic nitrogens is 2. The average molecular weight is 210 g/mol. The molecule has 0 spiro atoms. The zero-order valence-electron chi connectivity index (χ0n) is 8.21. The number of rotatable bonds is 3. The van der Waals surface area contributed by atoms with Crippen LogP contribution in [-0.2, 0) is 0 Å². The summed E-state index contributed by atoms with van der Waals surface area (Å²) in [6.07, 6.45) is 6.22. The first-order chi connectivity index (χ1) is 6.59. The molecule has 14 heavy (non-hydrogen) atoms. The van der Waals surface area contributed by atoms with Crippen LogP contribution in [0.4, 0.5) is 5.82 Å². The van der Waals surface area contributed by atoms with Gasteiger partial charge in [0.2, 0.25) is 0 Å². The standard InChI is InChI=1S/C10H12ClN3/c1-4-10(3,5-2)12-9-7-6-8(11)13-14-9/h1,6-7H,5H2,2-3H3,(H,12,14). The number of terminal acetylenes is 1. The number of anilines is 1. The highest BCUT2D eigenvalue weighted by Gasteiger charge is 2.18. The van der Waals surface area contributed by atoms with Gasteiger partial charge in [0.05, 0.1) is 5.54 Å². The summed E-state index contributed by atoms with van der Waals surface area (Å²) < 4.78 is 0. The van der Waals surface area contributed by atoms with Gasteiger partial charge in [-0.1, -0.05) is 24.4 Å². The molecule has 0 saturated carbocycles. The van der Waals surface area contributed by atoms with Crippen molar-refractivity contribution in [2.75, 3.05) is 5.32 Å². The number of nitrogens with zero attached hydrogens (tertiary/aromatic N) is 2. The van der Waals surface area contributed by atoms with Crippen molar-refractivity contribution < 1.29 is 0 Å². The lowest BCUT2D eigenvalue weighted by Gasteiger charge is -2.23. The molecule has 3 nitrogen and oxygen atoms in total. The molecule has 1 N–H and O–H groups in total. The lowest BCUT2D eigenvalue weighted by molar-refractivity contribution is 0.630. The third kappa shape index (κ3) is 2.61. The summed E-state index contributed by atoms with van der Waals surface area (Å²) in [5, 5.41) is 11.1. The Morgan fingerprint density at radius 3 is 2.71 bits per heavy atom. The van der Waals surface area contributed by atoms with E-state index >= 15 is 0 Å². The Kier molecular flexibility index (Phi) is 3.32. The van der Waals surface area contributed by atoms with E-state index in [-0.39, 0.29) is 5.54 Å². The predicted octanol–water partition coefficient (Wildman–Crippen LogP) is 2.34. The molecule has 1 aromatic rings. The van der Waals surface area contributed by atoms with E-state index < -0.39 is 0 Å². The van der Waals surface area contributed by atoms with Crippen LogP contribution in [0.15, 0.2) is 12.1 Å². The molecule has 1 atom stereocenters. The lowest BCUT2D eigenvalue weighted by Crippen LogP contribution is -2.32. The molecular weight excluding hydrogens is 198 g/mol. The van der Waals surface area contributed by atoms with Gasteiger partial charge in [-0.25, -0.2) is 0 Å². The van der Waals surface area contributed by atoms with E-state index in [1.54, 1.807) is 12.1 Å². The summed E-state index contributed by atoms with van der Waals surface area (Å²) in [6, 6.07) is 3.42. The van der Waals surface area contributed by atoms with Crippen LogP contribution in [0.25, 0.3) is 0 Å². The molecule has 0 aliphatic heterocycles. The molecule has 0 aliphatic rings. The van der Waals surface area contributed by atoms with Crippen LogP contribution in [0.3, 0.4) is 0 Å². The van der Waals surface area contributed by atoms with Gasteiger partial charge in [0, 0.05) is 0 Å². The molecule has 0 bridgehead atoms. The predicted molar refractivity (Wildman–Crippen MR) is 58.2 cm³/mol. The first-order valence-corrected chi connectivity index (χ1v) is 4.72. The van der Waals surface area contributed by atoms with Gasteiger partial charge in [-0.2, -0.15) is 0 Å². The van der Waals surface area contributed by atoms with Gasteiger partial charge in [0.25, 0.3) is 0 Å². The van der Waals surface area contributed by atoms with Crippen LogP contribution in [0.5, 0.6) is 0 Å². The smallest absolute Gasteiger partial charge is 0.151 e. The normalized spacial score (nSPS) is 14.1. The number of hydrogen-bond donors (Lipinski definition) is 1. The van der Waals surface area contributed by atoms with Crippen LogP contribution in [0.2, 0.25) is 5.15 Å². The SMILES string of the molecule is C#CC(C)(CC)Nc1ccc(Cl)nn1. The van der Waals surface area contributed by atoms with E-state index in [1.165, 1.54) is 0 Å². The second-order valence-corrected chi connectivity index (χ2v) is 3.58. The molecule has 0 aliphatic carbocycles. The Morgan fingerprint density at radius 2 is 2.29 bits per heavy atom. The molecule has 74 valence electrons. The van der Waals surface area contributed by atoms with Crippen LogP contribution < -0.4 is 5.32 Å². The van der Waals surface area contributed by atoms with Gasteiger partial charge >= 0.3 is 0 Å². The summed E-state index contributed by atoms with van der Waals surface area (Å²) in [5.74, 6) is 3.32. The fourth-order valence-electron chi connectivity index (χ4n) is 0.892. The highest BCUT2D eigenvalue weighted by atomic mass is 35.5. The molecule has 0 fully saturated rings. The van der Waals surface area contributed by atoms with Crippen molar-refractivity contribution in [1.29, 1.82) is 0 Å². The van der Waals surface area contributed by atoms with Crippen molar-refractivity contribution >= 4 is 17.4 Å². The minimum absolute atomic E-state index is 0.370. The van der Waals surface area contributed by atoms with Gasteiger partial charge < -0.3 is 5.32 Å². The summed E-state index contributed by atoms with van der Waals surface area (Å²) in [6.45, 7) is 3.94. The van der Waals surface area contributed by atoms with Crippen LogP contribution >= 0.6 is 11.6 Å². The highest BCUT2D eigenvalue weighted by Crippen LogP contribution is 2.15. The Bertz CT molecular complexity index is 341. The lowest BCUT2D eigenvalue weighted by atomic mass is 10.0. The van der Waals surface area contributed by atoms with E-state index in [9.17, 15) is 0 Å². The summed E-state index contributed by atoms with van der Waals surface area (Å²) in [4.78, 5) is 0. The monoisotopic (exact) mass is 209 g/mol. The molecule has 1 aromatic heterocycles. The van der Waals surface area contributed by atoms with Crippen LogP contribution in [-0.4, -0.2) is 15.7 Å². The maximum atomic E-state index is 5.61. The second kappa shape index (κ2) is 4.30. The van der Waals surface area contributed by atoms with Crippen molar-refractivity contribution in [3.8, 4) is 12.3 Å². The molecule has 1 unspecified atom stereocenters. The zero-order valence-corrected chi connectivity index (χ0v) is 8.97. The van der Waals surface area contributed by atoms with Crippen molar-refractivity contribution in [1.82, 2.24) is 10.2 Å². The first kappa shape index (κ1) is 10.8. The molecule has 1 heterocycles. The van der Waals surface area contributed by atoms with Crippen molar-refractivity contribution in [2.45, 2.75) is 25.8 Å². The number of halogens is 1. The minimum atomic E-state index is -0.386. The minimum Gasteiger partial charge on any atom is -0.353 e. The van der Waals surface area contributed by atoms with Gasteiger partial charge in [-0.05, 0) is 25.5 Å². The van der Waals surface area contributed by atoms with E-state index in [4.69, 9.17) is 18.0 Å². The highest BCUT2D eigenvalue weighted by molar-refractivity contribution is 6.29. The topological polar surface area (TPSA) is 37.8 Å². The summed E-state index contributed by atoms with van der Waals surface area (Å²) in [5.41, 5.74) is -0.386. The molecule has 0 saturated heterocycles. The molecule has 0 amide bonds. The quantitative estimate of drug-likeness (QED) is 0.777. The number of nitrogens with one attached hydrogen (secondary N) is 1. The molecule has 0 radical (unpaired) electrons. The summed E-state index contributed by atoms with van der Waals surface area (Å²) >= 11 is 5.61. The molecular formula is C10H12ClN3. The maximum Gasteiger partial charge on any atom is 0.151 e. The van der Waals surface area contributed by atoms with Gasteiger partial charge in [0.1, 0.15) is 5.82 Å². The Morgan fingerprint density at radius 1 is 1.57 bits per heavy atom.